The summed E-state index contributed by atoms with van der Waals surface area (Å²) in [6.45, 7) is 9.80. The van der Waals surface area contributed by atoms with Gasteiger partial charge in [-0.05, 0) is 137 Å². The second-order valence-corrected chi connectivity index (χ2v) is 19.6. The molecule has 56 heavy (non-hydrogen) atoms. The highest BCUT2D eigenvalue weighted by Gasteiger charge is 2.84. The third kappa shape index (κ3) is 4.18. The molecule has 0 aromatic heterocycles. The first kappa shape index (κ1) is 33.1. The minimum atomic E-state index is 0.00704. The van der Waals surface area contributed by atoms with E-state index in [1.54, 1.807) is 0 Å². The van der Waals surface area contributed by atoms with Gasteiger partial charge in [-0.1, -0.05) is 131 Å². The fourth-order valence-corrected chi connectivity index (χ4v) is 13.9. The first-order chi connectivity index (χ1) is 27.2. The van der Waals surface area contributed by atoms with Gasteiger partial charge < -0.3 is 9.64 Å². The summed E-state index contributed by atoms with van der Waals surface area (Å²) in [6, 6.07) is 52.5. The summed E-state index contributed by atoms with van der Waals surface area (Å²) in [6.07, 6.45) is 7.98. The lowest BCUT2D eigenvalue weighted by Gasteiger charge is -2.77. The molecule has 0 radical (unpaired) electrons. The van der Waals surface area contributed by atoms with E-state index >= 15 is 0 Å². The maximum absolute atomic E-state index is 7.19. The van der Waals surface area contributed by atoms with Gasteiger partial charge >= 0.3 is 0 Å². The number of anilines is 3. The zero-order valence-corrected chi connectivity index (χ0v) is 33.2. The number of fused-ring (bicyclic) bond motifs is 8. The lowest BCUT2D eigenvalue weighted by Crippen LogP contribution is -2.74. The summed E-state index contributed by atoms with van der Waals surface area (Å²) in [5.41, 5.74) is 15.1. The molecule has 0 saturated heterocycles. The van der Waals surface area contributed by atoms with Gasteiger partial charge in [0, 0.05) is 33.9 Å². The van der Waals surface area contributed by atoms with Crippen LogP contribution in [0.1, 0.15) is 88.5 Å². The second-order valence-electron chi connectivity index (χ2n) is 19.6. The van der Waals surface area contributed by atoms with Crippen LogP contribution in [0.2, 0.25) is 0 Å². The Labute approximate surface area is 332 Å². The fourth-order valence-electron chi connectivity index (χ4n) is 13.9. The Morgan fingerprint density at radius 1 is 0.536 bits per heavy atom. The van der Waals surface area contributed by atoms with Gasteiger partial charge in [0.1, 0.15) is 11.5 Å². The van der Waals surface area contributed by atoms with Crippen LogP contribution < -0.4 is 9.64 Å². The van der Waals surface area contributed by atoms with Gasteiger partial charge in [-0.2, -0.15) is 0 Å². The van der Waals surface area contributed by atoms with Crippen molar-refractivity contribution < 1.29 is 4.74 Å². The molecule has 6 aliphatic rings. The van der Waals surface area contributed by atoms with Gasteiger partial charge in [0.15, 0.2) is 0 Å². The minimum absolute atomic E-state index is 0.00704. The molecule has 278 valence electrons. The molecule has 6 unspecified atom stereocenters. The van der Waals surface area contributed by atoms with Crippen LogP contribution in [0.5, 0.6) is 11.5 Å². The number of hydrogen-bond donors (Lipinski definition) is 0. The Bertz CT molecular complexity index is 2550. The van der Waals surface area contributed by atoms with Crippen LogP contribution in [0.4, 0.5) is 17.1 Å². The Morgan fingerprint density at radius 2 is 1.20 bits per heavy atom. The summed E-state index contributed by atoms with van der Waals surface area (Å²) in [7, 11) is 0. The Hall–Kier alpha value is -5.08. The third-order valence-electron chi connectivity index (χ3n) is 16.2. The Balaban J connectivity index is 1.13. The van der Waals surface area contributed by atoms with E-state index in [-0.39, 0.29) is 16.2 Å². The van der Waals surface area contributed by atoms with E-state index in [1.165, 1.54) is 88.0 Å². The van der Waals surface area contributed by atoms with E-state index in [1.807, 2.05) is 0 Å². The molecule has 2 nitrogen and oxygen atoms in total. The maximum Gasteiger partial charge on any atom is 0.133 e. The maximum atomic E-state index is 7.19. The van der Waals surface area contributed by atoms with E-state index in [9.17, 15) is 0 Å². The molecule has 6 atom stereocenters. The van der Waals surface area contributed by atoms with Crippen LogP contribution in [0, 0.1) is 29.1 Å². The molecular weight excluding hydrogens is 679 g/mol. The molecule has 2 spiro atoms. The monoisotopic (exact) mass is 729 g/mol. The van der Waals surface area contributed by atoms with E-state index < -0.39 is 0 Å². The average molecular weight is 730 g/mol. The second kappa shape index (κ2) is 11.3. The van der Waals surface area contributed by atoms with Crippen LogP contribution in [-0.4, -0.2) is 0 Å². The number of ether oxygens (including phenoxy) is 1. The molecule has 4 fully saturated rings. The number of nitrogens with zero attached hydrogens (tertiary/aromatic N) is 1. The van der Waals surface area contributed by atoms with Crippen molar-refractivity contribution in [2.24, 2.45) is 29.1 Å². The first-order valence-corrected chi connectivity index (χ1v) is 21.3. The molecule has 6 aromatic rings. The summed E-state index contributed by atoms with van der Waals surface area (Å²) in [4.78, 5) is 2.59. The van der Waals surface area contributed by atoms with Gasteiger partial charge in [0.05, 0.1) is 11.4 Å². The first-order valence-electron chi connectivity index (χ1n) is 21.3. The van der Waals surface area contributed by atoms with E-state index in [0.717, 1.165) is 35.4 Å². The summed E-state index contributed by atoms with van der Waals surface area (Å²) in [5, 5.41) is 0. The van der Waals surface area contributed by atoms with E-state index in [2.05, 4.69) is 172 Å². The van der Waals surface area contributed by atoms with Crippen LogP contribution in [0.15, 0.2) is 140 Å². The zero-order valence-electron chi connectivity index (χ0n) is 33.2. The Kier molecular flexibility index (Phi) is 6.67. The minimum Gasteiger partial charge on any atom is -0.457 e. The number of benzene rings is 6. The lowest BCUT2D eigenvalue weighted by atomic mass is 9.26. The van der Waals surface area contributed by atoms with Crippen LogP contribution in [0.25, 0.3) is 22.3 Å². The van der Waals surface area contributed by atoms with E-state index in [0.29, 0.717) is 17.3 Å². The van der Waals surface area contributed by atoms with Gasteiger partial charge in [0.25, 0.3) is 0 Å². The van der Waals surface area contributed by atoms with Gasteiger partial charge in [-0.25, -0.2) is 0 Å². The molecule has 0 N–H and O–H groups in total. The fraction of sp³-hybridized carbons (Fsp3) is 0.333. The molecule has 5 aliphatic carbocycles. The van der Waals surface area contributed by atoms with Crippen molar-refractivity contribution in [3.05, 3.63) is 162 Å². The molecule has 2 bridgehead atoms. The molecular formula is C54H51NO. The SMILES string of the molecule is CC1(C)CCC(C)(C)c2c(N(c3ccc(-c4ccccc4)cc3)c3cc4c(cc3-c3ccccc3)C3(c5ccccc5O4)C4CC5CC6CC3C64C5)cccc21. The van der Waals surface area contributed by atoms with Gasteiger partial charge in [-0.3, -0.25) is 0 Å². The molecule has 4 saturated carbocycles. The van der Waals surface area contributed by atoms with Crippen LogP contribution in [0.3, 0.4) is 0 Å². The third-order valence-corrected chi connectivity index (χ3v) is 16.2. The molecule has 0 amide bonds. The quantitative estimate of drug-likeness (QED) is 0.175. The molecule has 1 heterocycles. The van der Waals surface area contributed by atoms with E-state index in [4.69, 9.17) is 4.74 Å². The van der Waals surface area contributed by atoms with Crippen molar-refractivity contribution in [1.29, 1.82) is 0 Å². The van der Waals surface area contributed by atoms with Crippen molar-refractivity contribution in [3.63, 3.8) is 0 Å². The highest BCUT2D eigenvalue weighted by molar-refractivity contribution is 5.92. The zero-order chi connectivity index (χ0) is 37.6. The van der Waals surface area contributed by atoms with Crippen molar-refractivity contribution in [3.8, 4) is 33.8 Å². The van der Waals surface area contributed by atoms with Crippen molar-refractivity contribution in [1.82, 2.24) is 0 Å². The smallest absolute Gasteiger partial charge is 0.133 e. The standard InChI is InChI=1S/C54H51NO/c1-51(2)26-27-52(3,4)50-42(51)19-13-20-44(50)55(39-24-22-36(23-25-39)35-14-7-5-8-15-35)45-32-47-43(31-40(45)37-16-9-6-10-17-37)54(41-18-11-12-21-46(41)56-47)48-29-34-28-38-30-49(54)53(38,48)33-34/h5-25,31-32,34,38,48-49H,26-30,33H2,1-4H3. The Morgan fingerprint density at radius 3 is 1.96 bits per heavy atom. The summed E-state index contributed by atoms with van der Waals surface area (Å²) in [5.74, 6) is 5.34. The molecule has 12 rings (SSSR count). The van der Waals surface area contributed by atoms with Crippen molar-refractivity contribution in [2.75, 3.05) is 4.90 Å². The molecule has 1 aliphatic heterocycles. The predicted octanol–water partition coefficient (Wildman–Crippen LogP) is 14.3. The van der Waals surface area contributed by atoms with Crippen molar-refractivity contribution in [2.45, 2.75) is 82.5 Å². The summed E-state index contributed by atoms with van der Waals surface area (Å²) >= 11 is 0. The molecule has 2 heteroatoms. The van der Waals surface area contributed by atoms with Gasteiger partial charge in [0.2, 0.25) is 0 Å². The normalized spacial score (nSPS) is 28.9. The number of hydrogen-bond acceptors (Lipinski definition) is 2. The predicted molar refractivity (Wildman–Crippen MR) is 229 cm³/mol. The topological polar surface area (TPSA) is 12.5 Å². The van der Waals surface area contributed by atoms with Crippen molar-refractivity contribution >= 4 is 17.1 Å². The summed E-state index contributed by atoms with van der Waals surface area (Å²) < 4.78 is 7.19. The lowest BCUT2D eigenvalue weighted by molar-refractivity contribution is -0.235. The highest BCUT2D eigenvalue weighted by atomic mass is 16.5. The van der Waals surface area contributed by atoms with Crippen LogP contribution >= 0.6 is 0 Å². The average Bonchev–Trinajstić information content (AvgIpc) is 3.76. The number of para-hydroxylation sites is 1. The largest absolute Gasteiger partial charge is 0.457 e. The van der Waals surface area contributed by atoms with Crippen LogP contribution in [-0.2, 0) is 16.2 Å². The number of rotatable bonds is 5. The highest BCUT2D eigenvalue weighted by Crippen LogP contribution is 2.89. The van der Waals surface area contributed by atoms with Gasteiger partial charge in [-0.15, -0.1) is 0 Å². The molecule has 6 aromatic carbocycles.